The van der Waals surface area contributed by atoms with Crippen molar-refractivity contribution >= 4 is 29.5 Å². The molecule has 35 heavy (non-hydrogen) atoms. The highest BCUT2D eigenvalue weighted by atomic mass is 16.5. The second-order valence-corrected chi connectivity index (χ2v) is 8.49. The summed E-state index contributed by atoms with van der Waals surface area (Å²) in [5, 5.41) is 0. The number of hydrogen-bond acceptors (Lipinski definition) is 8. The Labute approximate surface area is 205 Å². The van der Waals surface area contributed by atoms with Crippen LogP contribution in [0.4, 0.5) is 0 Å². The van der Waals surface area contributed by atoms with Gasteiger partial charge in [0.1, 0.15) is 5.92 Å². The summed E-state index contributed by atoms with van der Waals surface area (Å²) in [4.78, 5) is 50.8. The van der Waals surface area contributed by atoms with E-state index in [0.29, 0.717) is 34.3 Å². The Morgan fingerprint density at radius 2 is 1.46 bits per heavy atom. The molecule has 0 saturated heterocycles. The van der Waals surface area contributed by atoms with Gasteiger partial charge in [-0.3, -0.25) is 14.4 Å². The maximum absolute atomic E-state index is 13.1. The Hall–Kier alpha value is -3.42. The summed E-state index contributed by atoms with van der Waals surface area (Å²) in [6.07, 6.45) is 4.75. The van der Waals surface area contributed by atoms with Crippen molar-refractivity contribution in [1.82, 2.24) is 0 Å². The third-order valence-corrected chi connectivity index (χ3v) is 6.51. The quantitative estimate of drug-likeness (QED) is 0.190. The van der Waals surface area contributed by atoms with Crippen LogP contribution in [0.15, 0.2) is 41.0 Å². The fourth-order valence-electron chi connectivity index (χ4n) is 4.75. The van der Waals surface area contributed by atoms with Crippen LogP contribution in [0.5, 0.6) is 0 Å². The van der Waals surface area contributed by atoms with Crippen LogP contribution in [0.3, 0.4) is 0 Å². The molecule has 8 heteroatoms. The fourth-order valence-corrected chi connectivity index (χ4v) is 4.75. The number of benzene rings is 1. The van der Waals surface area contributed by atoms with Gasteiger partial charge >= 0.3 is 23.9 Å². The molecule has 2 aliphatic rings. The van der Waals surface area contributed by atoms with E-state index in [1.54, 1.807) is 31.2 Å². The lowest BCUT2D eigenvalue weighted by molar-refractivity contribution is -0.159. The molecule has 1 aromatic carbocycles. The number of carbonyl (C=O) groups excluding carboxylic acids is 4. The van der Waals surface area contributed by atoms with Gasteiger partial charge in [-0.2, -0.15) is 0 Å². The molecule has 0 N–H and O–H groups in total. The molecule has 2 aliphatic carbocycles. The second kappa shape index (κ2) is 10.9. The lowest BCUT2D eigenvalue weighted by Gasteiger charge is -2.15. The predicted octanol–water partition coefficient (Wildman–Crippen LogP) is 4.03. The van der Waals surface area contributed by atoms with Crippen molar-refractivity contribution in [1.29, 1.82) is 0 Å². The highest BCUT2D eigenvalue weighted by Crippen LogP contribution is 2.69. The van der Waals surface area contributed by atoms with E-state index in [9.17, 15) is 19.2 Å². The third-order valence-electron chi connectivity index (χ3n) is 6.51. The van der Waals surface area contributed by atoms with E-state index in [4.69, 9.17) is 18.9 Å². The van der Waals surface area contributed by atoms with E-state index in [1.807, 2.05) is 0 Å². The van der Waals surface area contributed by atoms with Gasteiger partial charge in [0.15, 0.2) is 0 Å². The Morgan fingerprint density at radius 3 is 1.97 bits per heavy atom. The molecule has 0 aliphatic heterocycles. The van der Waals surface area contributed by atoms with E-state index >= 15 is 0 Å². The fraction of sp³-hybridized carbons (Fsp3) is 0.481. The van der Waals surface area contributed by atoms with Crippen molar-refractivity contribution in [2.45, 2.75) is 46.0 Å². The number of hydrogen-bond donors (Lipinski definition) is 0. The molecule has 0 fully saturated rings. The number of rotatable bonds is 12. The molecular formula is C27H32O8. The monoisotopic (exact) mass is 484 g/mol. The van der Waals surface area contributed by atoms with Crippen LogP contribution in [-0.2, 0) is 33.3 Å². The summed E-state index contributed by atoms with van der Waals surface area (Å²) < 4.78 is 20.1. The van der Waals surface area contributed by atoms with E-state index in [1.165, 1.54) is 21.3 Å². The standard InChI is InChI=1S/C27H32O8/c1-6-8-9-10-11-18-19(20(18)24(29)35-7-2)22-21(27(22,25(30)33-4)26(31)34-5)16-12-14-17(15-13-16)23(28)32-3/h12-15,20H,6-11H2,1-5H3. The first kappa shape index (κ1) is 26.2. The van der Waals surface area contributed by atoms with Gasteiger partial charge < -0.3 is 18.9 Å². The molecule has 3 rings (SSSR count). The number of methoxy groups -OCH3 is 3. The zero-order chi connectivity index (χ0) is 25.8. The maximum Gasteiger partial charge on any atom is 0.337 e. The smallest absolute Gasteiger partial charge is 0.337 e. The predicted molar refractivity (Wildman–Crippen MR) is 127 cm³/mol. The second-order valence-electron chi connectivity index (χ2n) is 8.49. The minimum absolute atomic E-state index is 0.228. The van der Waals surface area contributed by atoms with Crippen molar-refractivity contribution in [3.05, 3.63) is 52.1 Å². The normalized spacial score (nSPS) is 17.6. The average Bonchev–Trinajstić information content (AvgIpc) is 3.77. The maximum atomic E-state index is 13.1. The van der Waals surface area contributed by atoms with Crippen molar-refractivity contribution in [2.75, 3.05) is 27.9 Å². The van der Waals surface area contributed by atoms with Gasteiger partial charge in [-0.1, -0.05) is 38.3 Å². The number of unbranched alkanes of at least 4 members (excludes halogenated alkanes) is 3. The van der Waals surface area contributed by atoms with Crippen LogP contribution < -0.4 is 0 Å². The summed E-state index contributed by atoms with van der Waals surface area (Å²) in [6.45, 7) is 4.08. The van der Waals surface area contributed by atoms with Gasteiger partial charge in [0.25, 0.3) is 0 Å². The Bertz CT molecular complexity index is 1060. The largest absolute Gasteiger partial charge is 0.468 e. The van der Waals surface area contributed by atoms with Crippen LogP contribution in [0.1, 0.15) is 61.9 Å². The van der Waals surface area contributed by atoms with Crippen LogP contribution >= 0.6 is 0 Å². The molecule has 1 aromatic rings. The SMILES string of the molecule is CCCCCCC1=C(C2=C(c3ccc(C(=O)OC)cc3)C2(C(=O)OC)C(=O)OC)C1C(=O)OCC. The number of carbonyl (C=O) groups is 4. The van der Waals surface area contributed by atoms with Crippen LogP contribution in [0.2, 0.25) is 0 Å². The van der Waals surface area contributed by atoms with Gasteiger partial charge in [0, 0.05) is 0 Å². The lowest BCUT2D eigenvalue weighted by atomic mass is 9.93. The van der Waals surface area contributed by atoms with Gasteiger partial charge in [-0.05, 0) is 59.8 Å². The van der Waals surface area contributed by atoms with E-state index < -0.39 is 35.2 Å². The first-order chi connectivity index (χ1) is 16.8. The summed E-state index contributed by atoms with van der Waals surface area (Å²) >= 11 is 0. The van der Waals surface area contributed by atoms with E-state index in [0.717, 1.165) is 31.3 Å². The molecule has 188 valence electrons. The van der Waals surface area contributed by atoms with Gasteiger partial charge in [0.05, 0.1) is 33.5 Å². The highest BCUT2D eigenvalue weighted by molar-refractivity contribution is 6.28. The third kappa shape index (κ3) is 4.61. The molecule has 0 spiro atoms. The minimum Gasteiger partial charge on any atom is -0.468 e. The number of esters is 4. The topological polar surface area (TPSA) is 105 Å². The summed E-state index contributed by atoms with van der Waals surface area (Å²) in [7, 11) is 3.70. The van der Waals surface area contributed by atoms with Crippen LogP contribution in [0, 0.1) is 11.3 Å². The zero-order valence-electron chi connectivity index (χ0n) is 20.9. The molecule has 0 radical (unpaired) electrons. The molecule has 0 amide bonds. The van der Waals surface area contributed by atoms with Crippen LogP contribution in [0.25, 0.3) is 5.57 Å². The van der Waals surface area contributed by atoms with Crippen LogP contribution in [-0.4, -0.2) is 51.8 Å². The summed E-state index contributed by atoms with van der Waals surface area (Å²) in [5.41, 5.74) is 1.51. The van der Waals surface area contributed by atoms with Crippen molar-refractivity contribution in [2.24, 2.45) is 11.3 Å². The molecule has 0 heterocycles. The van der Waals surface area contributed by atoms with Gasteiger partial charge in [0.2, 0.25) is 5.41 Å². The number of ether oxygens (including phenoxy) is 4. The van der Waals surface area contributed by atoms with E-state index in [2.05, 4.69) is 6.92 Å². The Morgan fingerprint density at radius 1 is 0.829 bits per heavy atom. The summed E-state index contributed by atoms with van der Waals surface area (Å²) in [5.74, 6) is -3.05. The zero-order valence-corrected chi connectivity index (χ0v) is 20.9. The molecule has 0 aromatic heterocycles. The van der Waals surface area contributed by atoms with Gasteiger partial charge in [-0.25, -0.2) is 4.79 Å². The lowest BCUT2D eigenvalue weighted by Crippen LogP contribution is -2.33. The summed E-state index contributed by atoms with van der Waals surface area (Å²) in [6, 6.07) is 6.38. The molecule has 1 unspecified atom stereocenters. The molecule has 0 bridgehead atoms. The first-order valence-corrected chi connectivity index (χ1v) is 11.9. The van der Waals surface area contributed by atoms with Gasteiger partial charge in [-0.15, -0.1) is 0 Å². The average molecular weight is 485 g/mol. The van der Waals surface area contributed by atoms with E-state index in [-0.39, 0.29) is 6.61 Å². The van der Waals surface area contributed by atoms with Crippen molar-refractivity contribution in [3.63, 3.8) is 0 Å². The molecule has 8 nitrogen and oxygen atoms in total. The minimum atomic E-state index is -1.76. The van der Waals surface area contributed by atoms with Crippen molar-refractivity contribution < 1.29 is 38.1 Å². The highest BCUT2D eigenvalue weighted by Gasteiger charge is 2.71. The van der Waals surface area contributed by atoms with Crippen molar-refractivity contribution in [3.8, 4) is 0 Å². The molecule has 1 atom stereocenters. The molecular weight excluding hydrogens is 452 g/mol. The molecule has 0 saturated carbocycles. The Kier molecular flexibility index (Phi) is 8.14. The first-order valence-electron chi connectivity index (χ1n) is 11.9. The Balaban J connectivity index is 2.09.